The summed E-state index contributed by atoms with van der Waals surface area (Å²) in [5, 5.41) is 3.54. The van der Waals surface area contributed by atoms with E-state index < -0.39 is 0 Å². The fraction of sp³-hybridized carbons (Fsp3) is 0.692. The van der Waals surface area contributed by atoms with Crippen molar-refractivity contribution in [1.29, 1.82) is 0 Å². The molecule has 1 N–H and O–H groups in total. The van der Waals surface area contributed by atoms with Crippen LogP contribution in [0.15, 0.2) is 18.2 Å². The second-order valence-corrected chi connectivity index (χ2v) is 9.06. The van der Waals surface area contributed by atoms with Crippen molar-refractivity contribution < 1.29 is 9.59 Å². The van der Waals surface area contributed by atoms with E-state index in [2.05, 4.69) is 49.2 Å². The van der Waals surface area contributed by atoms with Crippen molar-refractivity contribution in [1.82, 2.24) is 9.80 Å². The molecule has 1 fully saturated rings. The van der Waals surface area contributed by atoms with Gasteiger partial charge in [-0.05, 0) is 55.7 Å². The first-order valence-electron chi connectivity index (χ1n) is 12.3. The molecular weight excluding hydrogens is 386 g/mol. The molecule has 0 bridgehead atoms. The highest BCUT2D eigenvalue weighted by atomic mass is 16.2. The van der Waals surface area contributed by atoms with Crippen LogP contribution in [-0.4, -0.2) is 60.8 Å². The molecule has 31 heavy (non-hydrogen) atoms. The highest BCUT2D eigenvalue weighted by Crippen LogP contribution is 2.34. The molecule has 1 heterocycles. The highest BCUT2D eigenvalue weighted by Gasteiger charge is 2.33. The van der Waals surface area contributed by atoms with Gasteiger partial charge >= 0.3 is 0 Å². The van der Waals surface area contributed by atoms with Gasteiger partial charge in [0.25, 0.3) is 0 Å². The fourth-order valence-corrected chi connectivity index (χ4v) is 4.67. The van der Waals surface area contributed by atoms with Gasteiger partial charge in [0.2, 0.25) is 5.91 Å². The molecule has 2 rings (SSSR count). The minimum atomic E-state index is 0.161. The van der Waals surface area contributed by atoms with Gasteiger partial charge in [0.1, 0.15) is 6.29 Å². The molecule has 0 spiro atoms. The Balaban J connectivity index is 1.99. The smallest absolute Gasteiger partial charge is 0.219 e. The largest absolute Gasteiger partial charge is 0.385 e. The van der Waals surface area contributed by atoms with E-state index in [0.29, 0.717) is 18.5 Å². The van der Waals surface area contributed by atoms with Gasteiger partial charge in [-0.2, -0.15) is 0 Å². The molecule has 1 amide bonds. The molecule has 0 aliphatic carbocycles. The number of benzene rings is 1. The lowest BCUT2D eigenvalue weighted by Gasteiger charge is -2.26. The number of unbranched alkanes of at least 4 members (excludes halogenated alkanes) is 3. The summed E-state index contributed by atoms with van der Waals surface area (Å²) >= 11 is 0. The zero-order valence-electron chi connectivity index (χ0n) is 20.2. The number of nitrogens with zero attached hydrogens (tertiary/aromatic N) is 2. The van der Waals surface area contributed by atoms with E-state index in [9.17, 15) is 9.59 Å². The average Bonchev–Trinajstić information content (AvgIpc) is 3.14. The first kappa shape index (κ1) is 25.4. The fourth-order valence-electron chi connectivity index (χ4n) is 4.67. The number of aldehydes is 1. The van der Waals surface area contributed by atoms with Gasteiger partial charge in [-0.25, -0.2) is 0 Å². The van der Waals surface area contributed by atoms with E-state index in [1.165, 1.54) is 29.7 Å². The Kier molecular flexibility index (Phi) is 11.1. The van der Waals surface area contributed by atoms with Crippen LogP contribution in [0.2, 0.25) is 0 Å². The molecule has 5 nitrogen and oxygen atoms in total. The number of anilines is 1. The molecule has 0 aromatic heterocycles. The number of aryl methyl sites for hydroxylation is 1. The SMILES string of the molecule is CCCCCN(CCC1CC(c2ccc(NCCCC)c(C)c2)CN1CC=O)C(C)=O. The van der Waals surface area contributed by atoms with Gasteiger partial charge < -0.3 is 15.0 Å². The summed E-state index contributed by atoms with van der Waals surface area (Å²) in [5.41, 5.74) is 3.88. The van der Waals surface area contributed by atoms with Gasteiger partial charge in [0.15, 0.2) is 0 Å². The number of hydrogen-bond acceptors (Lipinski definition) is 4. The van der Waals surface area contributed by atoms with E-state index in [1.807, 2.05) is 4.90 Å². The molecule has 2 unspecified atom stereocenters. The van der Waals surface area contributed by atoms with Gasteiger partial charge in [-0.15, -0.1) is 0 Å². The highest BCUT2D eigenvalue weighted by molar-refractivity contribution is 5.73. The number of carbonyl (C=O) groups is 2. The summed E-state index contributed by atoms with van der Waals surface area (Å²) in [6.07, 6.45) is 8.78. The predicted molar refractivity (Wildman–Crippen MR) is 130 cm³/mol. The molecule has 174 valence electrons. The third-order valence-corrected chi connectivity index (χ3v) is 6.61. The second kappa shape index (κ2) is 13.5. The van der Waals surface area contributed by atoms with Crippen molar-refractivity contribution >= 4 is 17.9 Å². The molecule has 1 aromatic rings. The number of likely N-dealkylation sites (tertiary alicyclic amines) is 1. The van der Waals surface area contributed by atoms with E-state index >= 15 is 0 Å². The van der Waals surface area contributed by atoms with Crippen LogP contribution in [0.5, 0.6) is 0 Å². The summed E-state index contributed by atoms with van der Waals surface area (Å²) in [4.78, 5) is 27.6. The molecule has 5 heteroatoms. The standard InChI is InChI=1S/C26H43N3O2/c1-5-7-9-14-28(22(4)31)15-12-25-19-24(20-29(25)16-17-30)23-10-11-26(21(3)18-23)27-13-8-6-2/h10-11,17-18,24-25,27H,5-9,12-16,19-20H2,1-4H3. The zero-order chi connectivity index (χ0) is 22.6. The molecule has 1 aliphatic rings. The average molecular weight is 430 g/mol. The monoisotopic (exact) mass is 429 g/mol. The lowest BCUT2D eigenvalue weighted by atomic mass is 9.93. The van der Waals surface area contributed by atoms with Crippen LogP contribution in [0.25, 0.3) is 0 Å². The Morgan fingerprint density at radius 2 is 1.97 bits per heavy atom. The number of nitrogens with one attached hydrogen (secondary N) is 1. The number of amides is 1. The zero-order valence-corrected chi connectivity index (χ0v) is 20.2. The van der Waals surface area contributed by atoms with Crippen LogP contribution in [-0.2, 0) is 9.59 Å². The summed E-state index contributed by atoms with van der Waals surface area (Å²) in [6, 6.07) is 7.13. The van der Waals surface area contributed by atoms with Crippen LogP contribution in [0.4, 0.5) is 5.69 Å². The first-order valence-corrected chi connectivity index (χ1v) is 12.3. The van der Waals surface area contributed by atoms with Crippen molar-refractivity contribution in [3.63, 3.8) is 0 Å². The van der Waals surface area contributed by atoms with Gasteiger partial charge in [-0.3, -0.25) is 9.69 Å². The van der Waals surface area contributed by atoms with Crippen LogP contribution >= 0.6 is 0 Å². The molecule has 0 radical (unpaired) electrons. The minimum absolute atomic E-state index is 0.161. The first-order chi connectivity index (χ1) is 15.0. The summed E-state index contributed by atoms with van der Waals surface area (Å²) < 4.78 is 0. The molecule has 0 saturated carbocycles. The van der Waals surface area contributed by atoms with Gasteiger partial charge in [0.05, 0.1) is 6.54 Å². The van der Waals surface area contributed by atoms with Crippen LogP contribution in [0.1, 0.15) is 82.8 Å². The molecule has 2 atom stereocenters. The third-order valence-electron chi connectivity index (χ3n) is 6.61. The maximum absolute atomic E-state index is 12.0. The normalized spacial score (nSPS) is 18.8. The van der Waals surface area contributed by atoms with Crippen molar-refractivity contribution in [2.75, 3.05) is 38.0 Å². The minimum Gasteiger partial charge on any atom is -0.385 e. The Morgan fingerprint density at radius 3 is 2.61 bits per heavy atom. The van der Waals surface area contributed by atoms with Crippen molar-refractivity contribution in [2.24, 2.45) is 0 Å². The predicted octanol–water partition coefficient (Wildman–Crippen LogP) is 4.99. The van der Waals surface area contributed by atoms with Crippen molar-refractivity contribution in [3.05, 3.63) is 29.3 Å². The lowest BCUT2D eigenvalue weighted by Crippen LogP contribution is -2.37. The summed E-state index contributed by atoms with van der Waals surface area (Å²) in [6.45, 7) is 12.3. The lowest BCUT2D eigenvalue weighted by molar-refractivity contribution is -0.129. The van der Waals surface area contributed by atoms with Crippen LogP contribution < -0.4 is 5.32 Å². The number of rotatable bonds is 14. The Labute approximate surface area is 189 Å². The third kappa shape index (κ3) is 7.95. The molecule has 1 aliphatic heterocycles. The molecule has 1 saturated heterocycles. The molecule has 1 aromatic carbocycles. The summed E-state index contributed by atoms with van der Waals surface area (Å²) in [5.74, 6) is 0.605. The second-order valence-electron chi connectivity index (χ2n) is 9.06. The van der Waals surface area contributed by atoms with Gasteiger partial charge in [0, 0.05) is 44.8 Å². The van der Waals surface area contributed by atoms with Gasteiger partial charge in [-0.1, -0.05) is 45.2 Å². The van der Waals surface area contributed by atoms with Crippen LogP contribution in [0, 0.1) is 6.92 Å². The number of hydrogen-bond donors (Lipinski definition) is 1. The Morgan fingerprint density at radius 1 is 1.19 bits per heavy atom. The Bertz CT molecular complexity index is 691. The van der Waals surface area contributed by atoms with E-state index in [1.54, 1.807) is 6.92 Å². The maximum Gasteiger partial charge on any atom is 0.219 e. The molecular formula is C26H43N3O2. The van der Waals surface area contributed by atoms with Crippen molar-refractivity contribution in [3.8, 4) is 0 Å². The van der Waals surface area contributed by atoms with E-state index in [0.717, 1.165) is 64.6 Å². The van der Waals surface area contributed by atoms with E-state index in [4.69, 9.17) is 0 Å². The van der Waals surface area contributed by atoms with Crippen molar-refractivity contribution in [2.45, 2.75) is 84.6 Å². The maximum atomic E-state index is 12.0. The summed E-state index contributed by atoms with van der Waals surface area (Å²) in [7, 11) is 0. The Hall–Kier alpha value is -1.88. The van der Waals surface area contributed by atoms with E-state index in [-0.39, 0.29) is 5.91 Å². The number of carbonyl (C=O) groups excluding carboxylic acids is 2. The van der Waals surface area contributed by atoms with Crippen LogP contribution in [0.3, 0.4) is 0 Å². The quantitative estimate of drug-likeness (QED) is 0.334. The topological polar surface area (TPSA) is 52.6 Å².